The number of halogens is 2. The van der Waals surface area contributed by atoms with Crippen LogP contribution < -0.4 is 10.1 Å². The average Bonchev–Trinajstić information content (AvgIpc) is 2.67. The molecule has 0 aliphatic carbocycles. The summed E-state index contributed by atoms with van der Waals surface area (Å²) in [6.07, 6.45) is 0. The Morgan fingerprint density at radius 1 is 1.14 bits per heavy atom. The van der Waals surface area contributed by atoms with Gasteiger partial charge in [0, 0.05) is 37.7 Å². The fraction of sp³-hybridized carbons (Fsp3) is 0.381. The highest BCUT2D eigenvalue weighted by atomic mass is 35.5. The maximum Gasteiger partial charge on any atom is 0.238 e. The van der Waals surface area contributed by atoms with Crippen molar-refractivity contribution >= 4 is 23.2 Å². The van der Waals surface area contributed by atoms with Gasteiger partial charge < -0.3 is 10.1 Å². The molecule has 0 unspecified atom stereocenters. The van der Waals surface area contributed by atoms with Gasteiger partial charge >= 0.3 is 0 Å². The Kier molecular flexibility index (Phi) is 7.25. The fourth-order valence-electron chi connectivity index (χ4n) is 3.24. The van der Waals surface area contributed by atoms with Crippen molar-refractivity contribution in [3.05, 3.63) is 58.9 Å². The number of carbonyl (C=O) groups is 1. The van der Waals surface area contributed by atoms with Crippen LogP contribution in [0.25, 0.3) is 0 Å². The lowest BCUT2D eigenvalue weighted by Crippen LogP contribution is -2.48. The van der Waals surface area contributed by atoms with E-state index in [9.17, 15) is 9.18 Å². The number of piperazine rings is 1. The van der Waals surface area contributed by atoms with Gasteiger partial charge in [-0.25, -0.2) is 4.39 Å². The van der Waals surface area contributed by atoms with Crippen LogP contribution in [0.15, 0.2) is 42.5 Å². The van der Waals surface area contributed by atoms with Crippen LogP contribution in [0.1, 0.15) is 12.5 Å². The van der Waals surface area contributed by atoms with Crippen LogP contribution in [0.4, 0.5) is 10.1 Å². The molecule has 0 atom stereocenters. The van der Waals surface area contributed by atoms with Crippen molar-refractivity contribution < 1.29 is 13.9 Å². The Morgan fingerprint density at radius 3 is 2.57 bits per heavy atom. The van der Waals surface area contributed by atoms with E-state index in [-0.39, 0.29) is 11.7 Å². The standard InChI is InChI=1S/C21H25ClFN3O2/c1-2-28-20-6-4-3-5-19(20)24-21(27)15-26-11-9-25(10-12-26)14-16-7-8-17(23)13-18(16)22/h3-8,13H,2,9-12,14-15H2,1H3,(H,24,27). The molecular weight excluding hydrogens is 381 g/mol. The molecule has 28 heavy (non-hydrogen) atoms. The summed E-state index contributed by atoms with van der Waals surface area (Å²) < 4.78 is 18.7. The van der Waals surface area contributed by atoms with Crippen molar-refractivity contribution in [3.63, 3.8) is 0 Å². The Bertz CT molecular complexity index is 810. The molecule has 1 amide bonds. The van der Waals surface area contributed by atoms with E-state index in [1.807, 2.05) is 31.2 Å². The highest BCUT2D eigenvalue weighted by Gasteiger charge is 2.20. The van der Waals surface area contributed by atoms with Crippen LogP contribution in [0.5, 0.6) is 5.75 Å². The summed E-state index contributed by atoms with van der Waals surface area (Å²) in [7, 11) is 0. The van der Waals surface area contributed by atoms with E-state index in [0.29, 0.717) is 36.2 Å². The molecule has 1 aliphatic heterocycles. The minimum atomic E-state index is -0.324. The van der Waals surface area contributed by atoms with Gasteiger partial charge in [-0.2, -0.15) is 0 Å². The van der Waals surface area contributed by atoms with Crippen LogP contribution in [-0.2, 0) is 11.3 Å². The second-order valence-corrected chi connectivity index (χ2v) is 7.17. The van der Waals surface area contributed by atoms with Crippen LogP contribution in [0.3, 0.4) is 0 Å². The lowest BCUT2D eigenvalue weighted by atomic mass is 10.2. The molecule has 0 bridgehead atoms. The Hall–Kier alpha value is -2.15. The lowest BCUT2D eigenvalue weighted by molar-refractivity contribution is -0.117. The van der Waals surface area contributed by atoms with Gasteiger partial charge in [0.05, 0.1) is 18.8 Å². The molecule has 0 saturated carbocycles. The maximum absolute atomic E-state index is 13.2. The minimum absolute atomic E-state index is 0.0535. The van der Waals surface area contributed by atoms with Crippen molar-refractivity contribution in [3.8, 4) is 5.75 Å². The third kappa shape index (κ3) is 5.67. The van der Waals surface area contributed by atoms with E-state index >= 15 is 0 Å². The van der Waals surface area contributed by atoms with Gasteiger partial charge in [0.15, 0.2) is 0 Å². The van der Waals surface area contributed by atoms with Crippen LogP contribution in [0.2, 0.25) is 5.02 Å². The minimum Gasteiger partial charge on any atom is -0.492 e. The molecule has 1 N–H and O–H groups in total. The molecule has 1 fully saturated rings. The predicted octanol–water partition coefficient (Wildman–Crippen LogP) is 3.63. The fourth-order valence-corrected chi connectivity index (χ4v) is 3.47. The van der Waals surface area contributed by atoms with E-state index in [1.54, 1.807) is 6.07 Å². The van der Waals surface area contributed by atoms with E-state index < -0.39 is 0 Å². The zero-order valence-corrected chi connectivity index (χ0v) is 16.7. The number of hydrogen-bond donors (Lipinski definition) is 1. The van der Waals surface area contributed by atoms with Gasteiger partial charge in [-0.1, -0.05) is 29.8 Å². The number of benzene rings is 2. The molecule has 1 saturated heterocycles. The van der Waals surface area contributed by atoms with Gasteiger partial charge in [-0.3, -0.25) is 14.6 Å². The summed E-state index contributed by atoms with van der Waals surface area (Å²) in [5.74, 6) is 0.303. The molecule has 7 heteroatoms. The van der Waals surface area contributed by atoms with Crippen molar-refractivity contribution in [2.45, 2.75) is 13.5 Å². The highest BCUT2D eigenvalue weighted by Crippen LogP contribution is 2.24. The molecule has 5 nitrogen and oxygen atoms in total. The normalized spacial score (nSPS) is 15.4. The molecule has 1 aliphatic rings. The van der Waals surface area contributed by atoms with Crippen LogP contribution in [0, 0.1) is 5.82 Å². The molecule has 150 valence electrons. The number of nitrogens with zero attached hydrogens (tertiary/aromatic N) is 2. The Balaban J connectivity index is 1.47. The molecule has 0 spiro atoms. The molecule has 0 aromatic heterocycles. The number of nitrogens with one attached hydrogen (secondary N) is 1. The molecule has 2 aromatic rings. The number of amides is 1. The van der Waals surface area contributed by atoms with E-state index in [1.165, 1.54) is 12.1 Å². The third-order valence-corrected chi connectivity index (χ3v) is 5.05. The summed E-state index contributed by atoms with van der Waals surface area (Å²) >= 11 is 6.12. The zero-order chi connectivity index (χ0) is 19.9. The van der Waals surface area contributed by atoms with Crippen molar-refractivity contribution in [2.75, 3.05) is 44.6 Å². The second-order valence-electron chi connectivity index (χ2n) is 6.77. The van der Waals surface area contributed by atoms with Crippen molar-refractivity contribution in [1.29, 1.82) is 0 Å². The Morgan fingerprint density at radius 2 is 1.86 bits per heavy atom. The summed E-state index contributed by atoms with van der Waals surface area (Å²) in [6.45, 7) is 6.72. The first-order chi connectivity index (χ1) is 13.5. The van der Waals surface area contributed by atoms with Gasteiger partial charge in [0.2, 0.25) is 5.91 Å². The van der Waals surface area contributed by atoms with Crippen LogP contribution >= 0.6 is 11.6 Å². The number of carbonyl (C=O) groups excluding carboxylic acids is 1. The number of para-hydroxylation sites is 2. The van der Waals surface area contributed by atoms with Gasteiger partial charge in [0.25, 0.3) is 0 Å². The van der Waals surface area contributed by atoms with E-state index in [0.717, 1.165) is 31.7 Å². The predicted molar refractivity (Wildman–Crippen MR) is 109 cm³/mol. The number of hydrogen-bond acceptors (Lipinski definition) is 4. The molecule has 1 heterocycles. The summed E-state index contributed by atoms with van der Waals surface area (Å²) in [6, 6.07) is 11.9. The topological polar surface area (TPSA) is 44.8 Å². The largest absolute Gasteiger partial charge is 0.492 e. The van der Waals surface area contributed by atoms with Gasteiger partial charge in [-0.15, -0.1) is 0 Å². The number of ether oxygens (including phenoxy) is 1. The molecule has 2 aromatic carbocycles. The first kappa shape index (κ1) is 20.6. The van der Waals surface area contributed by atoms with Crippen LogP contribution in [-0.4, -0.2) is 55.0 Å². The molecule has 3 rings (SSSR count). The first-order valence-corrected chi connectivity index (χ1v) is 9.83. The number of rotatable bonds is 7. The SMILES string of the molecule is CCOc1ccccc1NC(=O)CN1CCN(Cc2ccc(F)cc2Cl)CC1. The summed E-state index contributed by atoms with van der Waals surface area (Å²) in [4.78, 5) is 16.8. The van der Waals surface area contributed by atoms with E-state index in [4.69, 9.17) is 16.3 Å². The molecular formula is C21H25ClFN3O2. The number of anilines is 1. The van der Waals surface area contributed by atoms with Gasteiger partial charge in [-0.05, 0) is 36.8 Å². The zero-order valence-electron chi connectivity index (χ0n) is 16.0. The van der Waals surface area contributed by atoms with Crippen molar-refractivity contribution in [2.24, 2.45) is 0 Å². The van der Waals surface area contributed by atoms with Gasteiger partial charge in [0.1, 0.15) is 11.6 Å². The highest BCUT2D eigenvalue weighted by molar-refractivity contribution is 6.31. The summed E-state index contributed by atoms with van der Waals surface area (Å²) in [5.41, 5.74) is 1.61. The second kappa shape index (κ2) is 9.87. The van der Waals surface area contributed by atoms with Crippen molar-refractivity contribution in [1.82, 2.24) is 9.80 Å². The molecule has 0 radical (unpaired) electrons. The smallest absolute Gasteiger partial charge is 0.238 e. The quantitative estimate of drug-likeness (QED) is 0.764. The maximum atomic E-state index is 13.2. The first-order valence-electron chi connectivity index (χ1n) is 9.45. The third-order valence-electron chi connectivity index (χ3n) is 4.70. The Labute approximate surface area is 170 Å². The monoisotopic (exact) mass is 405 g/mol. The van der Waals surface area contributed by atoms with E-state index in [2.05, 4.69) is 15.1 Å². The average molecular weight is 406 g/mol. The summed E-state index contributed by atoms with van der Waals surface area (Å²) in [5, 5.41) is 3.39. The lowest BCUT2D eigenvalue weighted by Gasteiger charge is -2.34.